The molecule has 0 radical (unpaired) electrons. The molecule has 0 fully saturated rings. The second kappa shape index (κ2) is 6.99. The monoisotopic (exact) mass is 386 g/mol. The minimum absolute atomic E-state index is 0.872. The Balaban J connectivity index is 1.92. The first kappa shape index (κ1) is 15.7. The van der Waals surface area contributed by atoms with Crippen LogP contribution in [0, 0.1) is 0 Å². The molecular formula is C22H15BrN2. The van der Waals surface area contributed by atoms with E-state index in [1.165, 1.54) is 0 Å². The lowest BCUT2D eigenvalue weighted by Crippen LogP contribution is -1.92. The van der Waals surface area contributed by atoms with Gasteiger partial charge in [0.2, 0.25) is 0 Å². The third-order valence-electron chi connectivity index (χ3n) is 3.98. The first-order valence-electron chi connectivity index (χ1n) is 8.04. The maximum absolute atomic E-state index is 4.85. The smallest absolute Gasteiger partial charge is 0.0899 e. The van der Waals surface area contributed by atoms with E-state index in [1.807, 2.05) is 48.5 Å². The van der Waals surface area contributed by atoms with E-state index >= 15 is 0 Å². The molecule has 2 aromatic carbocycles. The fraction of sp³-hybridized carbons (Fsp3) is 0. The van der Waals surface area contributed by atoms with Crippen LogP contribution in [0.5, 0.6) is 0 Å². The van der Waals surface area contributed by atoms with Crippen LogP contribution in [0.4, 0.5) is 0 Å². The van der Waals surface area contributed by atoms with Crippen molar-refractivity contribution < 1.29 is 0 Å². The predicted molar refractivity (Wildman–Crippen MR) is 106 cm³/mol. The van der Waals surface area contributed by atoms with Gasteiger partial charge >= 0.3 is 0 Å². The fourth-order valence-corrected chi connectivity index (χ4v) is 3.17. The van der Waals surface area contributed by atoms with Crippen LogP contribution in [-0.4, -0.2) is 9.97 Å². The Bertz CT molecular complexity index is 941. The molecule has 2 aromatic heterocycles. The zero-order chi connectivity index (χ0) is 17.1. The number of nitrogens with zero attached hydrogens (tertiary/aromatic N) is 2. The van der Waals surface area contributed by atoms with Crippen LogP contribution in [0.2, 0.25) is 0 Å². The van der Waals surface area contributed by atoms with E-state index in [1.54, 1.807) is 6.20 Å². The molecule has 4 rings (SSSR count). The molecular weight excluding hydrogens is 372 g/mol. The van der Waals surface area contributed by atoms with E-state index < -0.39 is 0 Å². The molecule has 0 bridgehead atoms. The third kappa shape index (κ3) is 3.52. The molecule has 3 heteroatoms. The average molecular weight is 387 g/mol. The molecule has 0 unspecified atom stereocenters. The summed E-state index contributed by atoms with van der Waals surface area (Å²) in [5, 5.41) is 0. The first-order valence-corrected chi connectivity index (χ1v) is 8.84. The molecule has 120 valence electrons. The lowest BCUT2D eigenvalue weighted by Gasteiger charge is -2.10. The Kier molecular flexibility index (Phi) is 4.40. The quantitative estimate of drug-likeness (QED) is 0.416. The average Bonchev–Trinajstić information content (AvgIpc) is 2.69. The van der Waals surface area contributed by atoms with E-state index in [0.29, 0.717) is 0 Å². The zero-order valence-electron chi connectivity index (χ0n) is 13.4. The minimum Gasteiger partial charge on any atom is -0.255 e. The lowest BCUT2D eigenvalue weighted by molar-refractivity contribution is 1.25. The highest BCUT2D eigenvalue weighted by Crippen LogP contribution is 2.30. The molecule has 0 aliphatic heterocycles. The molecule has 0 spiro atoms. The van der Waals surface area contributed by atoms with Crippen LogP contribution in [-0.2, 0) is 0 Å². The molecule has 0 atom stereocenters. The van der Waals surface area contributed by atoms with Gasteiger partial charge in [-0.05, 0) is 47.5 Å². The largest absolute Gasteiger partial charge is 0.255 e. The second-order valence-corrected chi connectivity index (χ2v) is 6.63. The molecule has 25 heavy (non-hydrogen) atoms. The van der Waals surface area contributed by atoms with Gasteiger partial charge in [0, 0.05) is 16.2 Å². The number of halogens is 1. The van der Waals surface area contributed by atoms with E-state index in [2.05, 4.69) is 57.3 Å². The summed E-state index contributed by atoms with van der Waals surface area (Å²) in [6.45, 7) is 0. The summed E-state index contributed by atoms with van der Waals surface area (Å²) in [4.78, 5) is 9.31. The van der Waals surface area contributed by atoms with Crippen molar-refractivity contribution >= 4 is 15.9 Å². The fourth-order valence-electron chi connectivity index (χ4n) is 2.77. The summed E-state index contributed by atoms with van der Waals surface area (Å²) in [5.41, 5.74) is 6.05. The van der Waals surface area contributed by atoms with Crippen LogP contribution in [0.3, 0.4) is 0 Å². The first-order chi connectivity index (χ1) is 12.3. The Morgan fingerprint density at radius 2 is 1.32 bits per heavy atom. The molecule has 0 saturated heterocycles. The van der Waals surface area contributed by atoms with Gasteiger partial charge in [-0.15, -0.1) is 0 Å². The van der Waals surface area contributed by atoms with Crippen LogP contribution in [0.1, 0.15) is 0 Å². The van der Waals surface area contributed by atoms with E-state index in [0.717, 1.165) is 38.2 Å². The van der Waals surface area contributed by atoms with Crippen molar-refractivity contribution in [3.8, 4) is 33.8 Å². The van der Waals surface area contributed by atoms with Gasteiger partial charge in [0.15, 0.2) is 0 Å². The van der Waals surface area contributed by atoms with E-state index in [4.69, 9.17) is 4.98 Å². The number of aromatic nitrogens is 2. The third-order valence-corrected chi connectivity index (χ3v) is 4.47. The molecule has 0 saturated carbocycles. The number of hydrogen-bond acceptors (Lipinski definition) is 2. The second-order valence-electron chi connectivity index (χ2n) is 5.72. The molecule has 2 heterocycles. The van der Waals surface area contributed by atoms with Crippen molar-refractivity contribution in [1.29, 1.82) is 0 Å². The van der Waals surface area contributed by atoms with Crippen molar-refractivity contribution in [2.45, 2.75) is 0 Å². The summed E-state index contributed by atoms with van der Waals surface area (Å²) in [5.74, 6) is 0. The lowest BCUT2D eigenvalue weighted by atomic mass is 10.0. The molecule has 0 amide bonds. The summed E-state index contributed by atoms with van der Waals surface area (Å²) < 4.78 is 1.06. The Hall–Kier alpha value is -2.78. The standard InChI is InChI=1S/C22H15BrN2/c23-19-10-6-9-17(13-19)18-14-21(16-7-2-1-3-8-16)25-22(15-18)20-11-4-5-12-24-20/h1-15H. The normalized spacial score (nSPS) is 10.6. The molecule has 4 aromatic rings. The Labute approximate surface area is 155 Å². The van der Waals surface area contributed by atoms with Gasteiger partial charge in [-0.3, -0.25) is 4.98 Å². The Morgan fingerprint density at radius 3 is 2.08 bits per heavy atom. The van der Waals surface area contributed by atoms with Crippen LogP contribution >= 0.6 is 15.9 Å². The highest BCUT2D eigenvalue weighted by atomic mass is 79.9. The van der Waals surface area contributed by atoms with Gasteiger partial charge in [-0.25, -0.2) is 4.98 Å². The van der Waals surface area contributed by atoms with Crippen molar-refractivity contribution in [2.24, 2.45) is 0 Å². The highest BCUT2D eigenvalue weighted by molar-refractivity contribution is 9.10. The van der Waals surface area contributed by atoms with Gasteiger partial charge in [0.1, 0.15) is 0 Å². The topological polar surface area (TPSA) is 25.8 Å². The van der Waals surface area contributed by atoms with Crippen molar-refractivity contribution in [3.05, 3.63) is 95.6 Å². The van der Waals surface area contributed by atoms with Crippen LogP contribution in [0.15, 0.2) is 95.6 Å². The van der Waals surface area contributed by atoms with Crippen LogP contribution < -0.4 is 0 Å². The molecule has 0 aliphatic carbocycles. The van der Waals surface area contributed by atoms with Gasteiger partial charge in [0.25, 0.3) is 0 Å². The van der Waals surface area contributed by atoms with Crippen molar-refractivity contribution in [1.82, 2.24) is 9.97 Å². The number of hydrogen-bond donors (Lipinski definition) is 0. The number of pyridine rings is 2. The maximum atomic E-state index is 4.85. The molecule has 0 N–H and O–H groups in total. The highest BCUT2D eigenvalue weighted by Gasteiger charge is 2.09. The van der Waals surface area contributed by atoms with E-state index in [9.17, 15) is 0 Å². The van der Waals surface area contributed by atoms with Crippen molar-refractivity contribution in [2.75, 3.05) is 0 Å². The summed E-state index contributed by atoms with van der Waals surface area (Å²) in [6.07, 6.45) is 1.80. The SMILES string of the molecule is Brc1cccc(-c2cc(-c3ccccc3)nc(-c3ccccn3)c2)c1. The number of benzene rings is 2. The molecule has 2 nitrogen and oxygen atoms in total. The Morgan fingerprint density at radius 1 is 0.560 bits per heavy atom. The van der Waals surface area contributed by atoms with Gasteiger partial charge in [0.05, 0.1) is 17.1 Å². The summed E-state index contributed by atoms with van der Waals surface area (Å²) in [7, 11) is 0. The van der Waals surface area contributed by atoms with Crippen molar-refractivity contribution in [3.63, 3.8) is 0 Å². The number of rotatable bonds is 3. The zero-order valence-corrected chi connectivity index (χ0v) is 15.0. The summed E-state index contributed by atoms with van der Waals surface area (Å²) in [6, 6.07) is 28.6. The van der Waals surface area contributed by atoms with E-state index in [-0.39, 0.29) is 0 Å². The maximum Gasteiger partial charge on any atom is 0.0899 e. The van der Waals surface area contributed by atoms with Gasteiger partial charge < -0.3 is 0 Å². The van der Waals surface area contributed by atoms with Crippen LogP contribution in [0.25, 0.3) is 33.8 Å². The van der Waals surface area contributed by atoms with Gasteiger partial charge in [-0.2, -0.15) is 0 Å². The predicted octanol–water partition coefficient (Wildman–Crippen LogP) is 6.24. The molecule has 0 aliphatic rings. The summed E-state index contributed by atoms with van der Waals surface area (Å²) >= 11 is 3.56. The van der Waals surface area contributed by atoms with Gasteiger partial charge in [-0.1, -0.05) is 64.5 Å². The minimum atomic E-state index is 0.872.